The summed E-state index contributed by atoms with van der Waals surface area (Å²) in [5, 5.41) is 0. The minimum atomic E-state index is -1.42. The second-order valence-corrected chi connectivity index (χ2v) is 5.59. The van der Waals surface area contributed by atoms with Gasteiger partial charge in [0.05, 0.1) is 0 Å². The number of benzene rings is 2. The molecule has 0 saturated carbocycles. The first kappa shape index (κ1) is 14.1. The average molecular weight is 294 g/mol. The van der Waals surface area contributed by atoms with Crippen LogP contribution < -0.4 is 0 Å². The predicted molar refractivity (Wildman–Crippen MR) is 72.2 cm³/mol. The highest BCUT2D eigenvalue weighted by Crippen LogP contribution is 2.36. The topological polar surface area (TPSA) is 0 Å². The molecule has 0 heterocycles. The third-order valence-electron chi connectivity index (χ3n) is 4.16. The van der Waals surface area contributed by atoms with Crippen molar-refractivity contribution >= 4 is 0 Å². The molecule has 1 aliphatic rings. The Morgan fingerprint density at radius 3 is 2.43 bits per heavy atom. The lowest BCUT2D eigenvalue weighted by atomic mass is 9.79. The zero-order chi connectivity index (χ0) is 15.1. The van der Waals surface area contributed by atoms with E-state index in [4.69, 9.17) is 0 Å². The Morgan fingerprint density at radius 1 is 0.952 bits per heavy atom. The van der Waals surface area contributed by atoms with Crippen LogP contribution in [0.4, 0.5) is 17.6 Å². The lowest BCUT2D eigenvalue weighted by Gasteiger charge is -2.26. The summed E-state index contributed by atoms with van der Waals surface area (Å²) in [6.45, 7) is 1.80. The van der Waals surface area contributed by atoms with Gasteiger partial charge in [-0.05, 0) is 66.5 Å². The van der Waals surface area contributed by atoms with Crippen LogP contribution in [0.3, 0.4) is 0 Å². The predicted octanol–water partition coefficient (Wildman–Crippen LogP) is 4.82. The number of hydrogen-bond donors (Lipinski definition) is 0. The van der Waals surface area contributed by atoms with Crippen LogP contribution in [0.15, 0.2) is 24.3 Å². The second-order valence-electron chi connectivity index (χ2n) is 5.59. The van der Waals surface area contributed by atoms with Gasteiger partial charge in [-0.3, -0.25) is 0 Å². The largest absolute Gasteiger partial charge is 0.207 e. The van der Waals surface area contributed by atoms with Gasteiger partial charge >= 0.3 is 0 Å². The van der Waals surface area contributed by atoms with Gasteiger partial charge < -0.3 is 0 Å². The van der Waals surface area contributed by atoms with Crippen LogP contribution in [-0.2, 0) is 12.8 Å². The molecular formula is C17H14F4. The molecule has 0 fully saturated rings. The van der Waals surface area contributed by atoms with Gasteiger partial charge in [-0.1, -0.05) is 12.1 Å². The van der Waals surface area contributed by atoms with Crippen molar-refractivity contribution in [2.24, 2.45) is 0 Å². The fourth-order valence-corrected chi connectivity index (χ4v) is 3.05. The standard InChI is InChI=1S/C17H14F4/c1-9-2-4-12(14(18)6-9)10-3-5-13-11(7-10)8-15(19)17(21)16(13)20/h2,4,6,8,10H,3,5,7H2,1H3. The molecule has 1 unspecified atom stereocenters. The Bertz CT molecular complexity index is 706. The first-order valence-corrected chi connectivity index (χ1v) is 6.88. The maximum Gasteiger partial charge on any atom is 0.194 e. The van der Waals surface area contributed by atoms with Gasteiger partial charge in [0.15, 0.2) is 17.5 Å². The van der Waals surface area contributed by atoms with E-state index in [2.05, 4.69) is 0 Å². The summed E-state index contributed by atoms with van der Waals surface area (Å²) in [4.78, 5) is 0. The molecule has 1 atom stereocenters. The highest BCUT2D eigenvalue weighted by Gasteiger charge is 2.27. The Labute approximate surface area is 120 Å². The number of hydrogen-bond acceptors (Lipinski definition) is 0. The molecule has 2 aromatic rings. The molecule has 2 aromatic carbocycles. The van der Waals surface area contributed by atoms with Gasteiger partial charge in [-0.2, -0.15) is 0 Å². The summed E-state index contributed by atoms with van der Waals surface area (Å²) >= 11 is 0. The molecule has 0 amide bonds. The van der Waals surface area contributed by atoms with Crippen molar-refractivity contribution < 1.29 is 17.6 Å². The molecule has 0 radical (unpaired) electrons. The van der Waals surface area contributed by atoms with Crippen LogP contribution in [0.2, 0.25) is 0 Å². The summed E-state index contributed by atoms with van der Waals surface area (Å²) in [6.07, 6.45) is 1.13. The van der Waals surface area contributed by atoms with E-state index >= 15 is 0 Å². The monoisotopic (exact) mass is 294 g/mol. The fourth-order valence-electron chi connectivity index (χ4n) is 3.05. The normalized spacial score (nSPS) is 17.7. The van der Waals surface area contributed by atoms with Crippen LogP contribution in [-0.4, -0.2) is 0 Å². The zero-order valence-corrected chi connectivity index (χ0v) is 11.5. The van der Waals surface area contributed by atoms with Crippen molar-refractivity contribution in [2.45, 2.75) is 32.1 Å². The summed E-state index contributed by atoms with van der Waals surface area (Å²) < 4.78 is 54.3. The van der Waals surface area contributed by atoms with Crippen molar-refractivity contribution in [3.8, 4) is 0 Å². The van der Waals surface area contributed by atoms with Crippen LogP contribution in [0.1, 0.15) is 34.6 Å². The molecule has 0 N–H and O–H groups in total. The van der Waals surface area contributed by atoms with Gasteiger partial charge in [-0.25, -0.2) is 17.6 Å². The van der Waals surface area contributed by atoms with Crippen LogP contribution >= 0.6 is 0 Å². The maximum atomic E-state index is 14.0. The van der Waals surface area contributed by atoms with Gasteiger partial charge in [0.1, 0.15) is 5.82 Å². The van der Waals surface area contributed by atoms with Crippen molar-refractivity contribution in [2.75, 3.05) is 0 Å². The van der Waals surface area contributed by atoms with Gasteiger partial charge in [0, 0.05) is 0 Å². The number of rotatable bonds is 1. The van der Waals surface area contributed by atoms with Crippen molar-refractivity contribution in [1.29, 1.82) is 0 Å². The molecule has 110 valence electrons. The van der Waals surface area contributed by atoms with Gasteiger partial charge in [0.25, 0.3) is 0 Å². The van der Waals surface area contributed by atoms with E-state index in [1.54, 1.807) is 13.0 Å². The smallest absolute Gasteiger partial charge is 0.194 e. The third kappa shape index (κ3) is 2.43. The molecule has 0 spiro atoms. The first-order valence-electron chi connectivity index (χ1n) is 6.88. The Morgan fingerprint density at radius 2 is 1.71 bits per heavy atom. The van der Waals surface area contributed by atoms with Crippen LogP contribution in [0.25, 0.3) is 0 Å². The SMILES string of the molecule is Cc1ccc(C2CCc3c(cc(F)c(F)c3F)C2)c(F)c1. The fraction of sp³-hybridized carbons (Fsp3) is 0.294. The van der Waals surface area contributed by atoms with Crippen molar-refractivity contribution in [3.63, 3.8) is 0 Å². The molecule has 0 aliphatic heterocycles. The molecule has 0 nitrogen and oxygen atoms in total. The highest BCUT2D eigenvalue weighted by molar-refractivity contribution is 5.37. The van der Waals surface area contributed by atoms with E-state index in [0.29, 0.717) is 24.0 Å². The minimum absolute atomic E-state index is 0.137. The van der Waals surface area contributed by atoms with E-state index in [0.717, 1.165) is 11.6 Å². The number of fused-ring (bicyclic) bond motifs is 1. The lowest BCUT2D eigenvalue weighted by Crippen LogP contribution is -2.17. The zero-order valence-electron chi connectivity index (χ0n) is 11.5. The van der Waals surface area contributed by atoms with Gasteiger partial charge in [0.2, 0.25) is 0 Å². The van der Waals surface area contributed by atoms with E-state index in [1.165, 1.54) is 6.07 Å². The lowest BCUT2D eigenvalue weighted by molar-refractivity contribution is 0.427. The van der Waals surface area contributed by atoms with Crippen LogP contribution in [0, 0.1) is 30.2 Å². The number of aryl methyl sites for hydroxylation is 1. The van der Waals surface area contributed by atoms with E-state index in [-0.39, 0.29) is 23.7 Å². The summed E-state index contributed by atoms with van der Waals surface area (Å²) in [6, 6.07) is 6.03. The molecule has 0 aromatic heterocycles. The molecular weight excluding hydrogens is 280 g/mol. The van der Waals surface area contributed by atoms with E-state index < -0.39 is 17.5 Å². The summed E-state index contributed by atoms with van der Waals surface area (Å²) in [5.41, 5.74) is 2.03. The molecule has 3 rings (SSSR count). The maximum absolute atomic E-state index is 14.0. The van der Waals surface area contributed by atoms with Crippen molar-refractivity contribution in [1.82, 2.24) is 0 Å². The average Bonchev–Trinajstić information content (AvgIpc) is 2.44. The Balaban J connectivity index is 1.98. The molecule has 4 heteroatoms. The molecule has 21 heavy (non-hydrogen) atoms. The second kappa shape index (κ2) is 5.17. The Kier molecular flexibility index (Phi) is 3.47. The van der Waals surface area contributed by atoms with Crippen LogP contribution in [0.5, 0.6) is 0 Å². The first-order chi connectivity index (χ1) is 9.97. The van der Waals surface area contributed by atoms with E-state index in [9.17, 15) is 17.6 Å². The molecule has 0 bridgehead atoms. The Hall–Kier alpha value is -1.84. The highest BCUT2D eigenvalue weighted by atomic mass is 19.2. The quantitative estimate of drug-likeness (QED) is 0.522. The van der Waals surface area contributed by atoms with E-state index in [1.807, 2.05) is 6.07 Å². The summed E-state index contributed by atoms with van der Waals surface area (Å²) in [7, 11) is 0. The van der Waals surface area contributed by atoms with Gasteiger partial charge in [-0.15, -0.1) is 0 Å². The molecule has 0 saturated heterocycles. The number of halogens is 4. The summed E-state index contributed by atoms with van der Waals surface area (Å²) in [5.74, 6) is -4.15. The third-order valence-corrected chi connectivity index (χ3v) is 4.16. The molecule has 1 aliphatic carbocycles. The minimum Gasteiger partial charge on any atom is -0.207 e. The van der Waals surface area contributed by atoms with Crippen molar-refractivity contribution in [3.05, 3.63) is 69.8 Å².